The Morgan fingerprint density at radius 3 is 2.85 bits per heavy atom. The van der Waals surface area contributed by atoms with E-state index in [1.165, 1.54) is 13.3 Å². The Labute approximate surface area is 83.7 Å². The number of aliphatic hydroxyl groups excluding tert-OH is 1. The minimum atomic E-state index is -1.26. The first kappa shape index (κ1) is 10.1. The Hall–Kier alpha value is -0.940. The van der Waals surface area contributed by atoms with Gasteiger partial charge in [-0.2, -0.15) is 0 Å². The van der Waals surface area contributed by atoms with E-state index in [1.807, 2.05) is 0 Å². The summed E-state index contributed by atoms with van der Waals surface area (Å²) in [7, 11) is 1.22. The van der Waals surface area contributed by atoms with Crippen LogP contribution in [0.15, 0.2) is 22.9 Å². The van der Waals surface area contributed by atoms with E-state index >= 15 is 0 Å². The second-order valence-electron chi connectivity index (χ2n) is 2.34. The third-order valence-electron chi connectivity index (χ3n) is 1.49. The number of methoxy groups -OCH3 is 1. The lowest BCUT2D eigenvalue weighted by Gasteiger charge is -2.07. The molecule has 1 atom stereocenters. The molecule has 4 nitrogen and oxygen atoms in total. The molecule has 0 fully saturated rings. The zero-order valence-electron chi connectivity index (χ0n) is 6.90. The van der Waals surface area contributed by atoms with E-state index in [-0.39, 0.29) is 0 Å². The summed E-state index contributed by atoms with van der Waals surface area (Å²) < 4.78 is 5.01. The van der Waals surface area contributed by atoms with Gasteiger partial charge in [0.25, 0.3) is 0 Å². The van der Waals surface area contributed by atoms with Crippen LogP contribution in [0.1, 0.15) is 11.7 Å². The number of carbonyl (C=O) groups is 1. The van der Waals surface area contributed by atoms with Crippen molar-refractivity contribution in [1.29, 1.82) is 0 Å². The fourth-order valence-electron chi connectivity index (χ4n) is 0.797. The maximum atomic E-state index is 10.9. The highest BCUT2D eigenvalue weighted by molar-refractivity contribution is 9.10. The standard InChI is InChI=1S/C8H8BrNO3/c1-13-8(12)7(11)5-2-3-6(9)10-4-5/h2-4,7,11H,1H3. The van der Waals surface area contributed by atoms with Gasteiger partial charge in [0.1, 0.15) is 4.60 Å². The molecule has 0 amide bonds. The van der Waals surface area contributed by atoms with E-state index in [9.17, 15) is 9.90 Å². The van der Waals surface area contributed by atoms with Crippen LogP contribution in [0.3, 0.4) is 0 Å². The second kappa shape index (κ2) is 4.34. The number of hydrogen-bond acceptors (Lipinski definition) is 4. The van der Waals surface area contributed by atoms with Crippen LogP contribution in [0.4, 0.5) is 0 Å². The monoisotopic (exact) mass is 245 g/mol. The van der Waals surface area contributed by atoms with Crippen LogP contribution in [0.5, 0.6) is 0 Å². The SMILES string of the molecule is COC(=O)C(O)c1ccc(Br)nc1. The van der Waals surface area contributed by atoms with Crippen molar-refractivity contribution < 1.29 is 14.6 Å². The molecule has 0 saturated carbocycles. The minimum Gasteiger partial charge on any atom is -0.467 e. The molecule has 13 heavy (non-hydrogen) atoms. The molecule has 0 bridgehead atoms. The van der Waals surface area contributed by atoms with Gasteiger partial charge in [0.2, 0.25) is 0 Å². The summed E-state index contributed by atoms with van der Waals surface area (Å²) in [5, 5.41) is 9.35. The van der Waals surface area contributed by atoms with Crippen molar-refractivity contribution in [2.45, 2.75) is 6.10 Å². The molecule has 70 valence electrons. The molecule has 0 spiro atoms. The zero-order valence-corrected chi connectivity index (χ0v) is 8.48. The van der Waals surface area contributed by atoms with Crippen molar-refractivity contribution in [3.8, 4) is 0 Å². The molecule has 1 unspecified atom stereocenters. The molecule has 0 radical (unpaired) electrons. The van der Waals surface area contributed by atoms with E-state index in [0.29, 0.717) is 10.2 Å². The third kappa shape index (κ3) is 2.50. The quantitative estimate of drug-likeness (QED) is 0.625. The molecule has 5 heteroatoms. The highest BCUT2D eigenvalue weighted by Gasteiger charge is 2.17. The Balaban J connectivity index is 2.83. The van der Waals surface area contributed by atoms with Gasteiger partial charge >= 0.3 is 5.97 Å². The third-order valence-corrected chi connectivity index (χ3v) is 1.96. The van der Waals surface area contributed by atoms with Gasteiger partial charge in [-0.15, -0.1) is 0 Å². The van der Waals surface area contributed by atoms with Crippen molar-refractivity contribution in [1.82, 2.24) is 4.98 Å². The summed E-state index contributed by atoms with van der Waals surface area (Å²) in [6, 6.07) is 3.24. The number of esters is 1. The van der Waals surface area contributed by atoms with E-state index in [4.69, 9.17) is 0 Å². The number of carbonyl (C=O) groups excluding carboxylic acids is 1. The Bertz CT molecular complexity index is 299. The van der Waals surface area contributed by atoms with Gasteiger partial charge in [-0.05, 0) is 22.0 Å². The summed E-state index contributed by atoms with van der Waals surface area (Å²) in [6.07, 6.45) is 0.150. The lowest BCUT2D eigenvalue weighted by atomic mass is 10.2. The number of hydrogen-bond donors (Lipinski definition) is 1. The fourth-order valence-corrected chi connectivity index (χ4v) is 1.03. The highest BCUT2D eigenvalue weighted by atomic mass is 79.9. The maximum Gasteiger partial charge on any atom is 0.339 e. The van der Waals surface area contributed by atoms with Crippen molar-refractivity contribution in [3.05, 3.63) is 28.5 Å². The number of ether oxygens (including phenoxy) is 1. The van der Waals surface area contributed by atoms with Crippen LogP contribution in [-0.4, -0.2) is 23.2 Å². The summed E-state index contributed by atoms with van der Waals surface area (Å²) in [5.41, 5.74) is 0.412. The second-order valence-corrected chi connectivity index (χ2v) is 3.15. The smallest absolute Gasteiger partial charge is 0.339 e. The van der Waals surface area contributed by atoms with E-state index in [0.717, 1.165) is 0 Å². The number of aliphatic hydroxyl groups is 1. The number of halogens is 1. The summed E-state index contributed by atoms with van der Waals surface area (Å²) in [5.74, 6) is -0.691. The van der Waals surface area contributed by atoms with Crippen molar-refractivity contribution in [2.75, 3.05) is 7.11 Å². The fraction of sp³-hybridized carbons (Fsp3) is 0.250. The first-order valence-corrected chi connectivity index (χ1v) is 4.32. The molecule has 0 aliphatic heterocycles. The van der Waals surface area contributed by atoms with Crippen LogP contribution in [0, 0.1) is 0 Å². The Kier molecular flexibility index (Phi) is 3.39. The molecule has 1 aromatic heterocycles. The molecule has 0 saturated heterocycles. The van der Waals surface area contributed by atoms with Gasteiger partial charge in [0.05, 0.1) is 7.11 Å². The average Bonchev–Trinajstić information content (AvgIpc) is 2.17. The molecular formula is C8H8BrNO3. The highest BCUT2D eigenvalue weighted by Crippen LogP contribution is 2.14. The van der Waals surface area contributed by atoms with Gasteiger partial charge < -0.3 is 9.84 Å². The minimum absolute atomic E-state index is 0.412. The molecule has 1 N–H and O–H groups in total. The topological polar surface area (TPSA) is 59.4 Å². The average molecular weight is 246 g/mol. The zero-order chi connectivity index (χ0) is 9.84. The van der Waals surface area contributed by atoms with Crippen molar-refractivity contribution in [3.63, 3.8) is 0 Å². The maximum absolute atomic E-state index is 10.9. The summed E-state index contributed by atoms with van der Waals surface area (Å²) in [6.45, 7) is 0. The van der Waals surface area contributed by atoms with Crippen LogP contribution in [-0.2, 0) is 9.53 Å². The Morgan fingerprint density at radius 2 is 2.38 bits per heavy atom. The lowest BCUT2D eigenvalue weighted by molar-refractivity contribution is -0.150. The molecule has 0 aromatic carbocycles. The van der Waals surface area contributed by atoms with Gasteiger partial charge in [0.15, 0.2) is 6.10 Å². The lowest BCUT2D eigenvalue weighted by Crippen LogP contribution is -2.13. The van der Waals surface area contributed by atoms with Crippen LogP contribution >= 0.6 is 15.9 Å². The first-order valence-electron chi connectivity index (χ1n) is 3.52. The number of nitrogens with zero attached hydrogens (tertiary/aromatic N) is 1. The predicted octanol–water partition coefficient (Wildman–Crippen LogP) is 1.05. The van der Waals surface area contributed by atoms with E-state index in [1.54, 1.807) is 12.1 Å². The van der Waals surface area contributed by atoms with Crippen molar-refractivity contribution in [2.24, 2.45) is 0 Å². The molecule has 0 aliphatic carbocycles. The normalized spacial score (nSPS) is 12.2. The van der Waals surface area contributed by atoms with Crippen molar-refractivity contribution >= 4 is 21.9 Å². The van der Waals surface area contributed by atoms with Gasteiger partial charge in [0, 0.05) is 11.8 Å². The molecule has 1 heterocycles. The van der Waals surface area contributed by atoms with Crippen LogP contribution in [0.2, 0.25) is 0 Å². The Morgan fingerprint density at radius 1 is 1.69 bits per heavy atom. The number of rotatable bonds is 2. The van der Waals surface area contributed by atoms with Gasteiger partial charge in [-0.1, -0.05) is 6.07 Å². The van der Waals surface area contributed by atoms with Crippen LogP contribution < -0.4 is 0 Å². The predicted molar refractivity (Wildman–Crippen MR) is 48.9 cm³/mol. The molecule has 1 rings (SSSR count). The summed E-state index contributed by atoms with van der Waals surface area (Å²) >= 11 is 3.14. The first-order chi connectivity index (χ1) is 6.15. The van der Waals surface area contributed by atoms with Crippen LogP contribution in [0.25, 0.3) is 0 Å². The van der Waals surface area contributed by atoms with E-state index < -0.39 is 12.1 Å². The summed E-state index contributed by atoms with van der Waals surface area (Å²) in [4.78, 5) is 14.8. The molecule has 0 aliphatic rings. The molecular weight excluding hydrogens is 238 g/mol. The molecule has 1 aromatic rings. The number of pyridine rings is 1. The number of aromatic nitrogens is 1. The largest absolute Gasteiger partial charge is 0.467 e. The van der Waals surface area contributed by atoms with Gasteiger partial charge in [-0.25, -0.2) is 9.78 Å². The van der Waals surface area contributed by atoms with Gasteiger partial charge in [-0.3, -0.25) is 0 Å². The van der Waals surface area contributed by atoms with E-state index in [2.05, 4.69) is 25.7 Å².